The minimum absolute atomic E-state index is 0.221. The van der Waals surface area contributed by atoms with Crippen LogP contribution < -0.4 is 10.1 Å². The second-order valence-corrected chi connectivity index (χ2v) is 8.77. The van der Waals surface area contributed by atoms with Crippen LogP contribution in [-0.4, -0.2) is 38.0 Å². The van der Waals surface area contributed by atoms with E-state index >= 15 is 0 Å². The van der Waals surface area contributed by atoms with Crippen molar-refractivity contribution in [2.75, 3.05) is 24.7 Å². The molecule has 0 saturated heterocycles. The van der Waals surface area contributed by atoms with Crippen molar-refractivity contribution in [2.24, 2.45) is 0 Å². The van der Waals surface area contributed by atoms with Gasteiger partial charge in [0.1, 0.15) is 5.75 Å². The molecule has 3 aromatic rings. The summed E-state index contributed by atoms with van der Waals surface area (Å²) < 4.78 is 31.4. The number of nitrogens with zero attached hydrogens (tertiary/aromatic N) is 1. The third-order valence-corrected chi connectivity index (χ3v) is 5.66. The molecule has 156 valence electrons. The number of anilines is 1. The molecule has 3 aromatic carbocycles. The van der Waals surface area contributed by atoms with Crippen LogP contribution in [0.3, 0.4) is 0 Å². The first-order valence-corrected chi connectivity index (χ1v) is 11.4. The lowest BCUT2D eigenvalue weighted by atomic mass is 10.1. The zero-order valence-corrected chi connectivity index (χ0v) is 17.5. The number of hydrogen-bond donors (Lipinski definition) is 1. The Morgan fingerprint density at radius 2 is 1.50 bits per heavy atom. The first-order chi connectivity index (χ1) is 14.4. The van der Waals surface area contributed by atoms with Gasteiger partial charge in [0.05, 0.1) is 18.5 Å². The minimum atomic E-state index is -3.54. The number of sulfonamides is 1. The van der Waals surface area contributed by atoms with E-state index in [4.69, 9.17) is 4.74 Å². The number of amides is 1. The summed E-state index contributed by atoms with van der Waals surface area (Å²) >= 11 is 0. The lowest BCUT2D eigenvalue weighted by molar-refractivity contribution is -0.116. The second kappa shape index (κ2) is 10.0. The van der Waals surface area contributed by atoms with Crippen LogP contribution in [0, 0.1) is 0 Å². The molecule has 0 atom stereocenters. The van der Waals surface area contributed by atoms with Gasteiger partial charge in [0.2, 0.25) is 15.9 Å². The predicted molar refractivity (Wildman–Crippen MR) is 118 cm³/mol. The zero-order valence-electron chi connectivity index (χ0n) is 16.7. The number of carbonyl (C=O) groups excluding carboxylic acids is 1. The molecular weight excluding hydrogens is 400 g/mol. The fraction of sp³-hybridized carbons (Fsp3) is 0.174. The van der Waals surface area contributed by atoms with Crippen molar-refractivity contribution in [3.8, 4) is 11.5 Å². The third kappa shape index (κ3) is 6.43. The van der Waals surface area contributed by atoms with E-state index in [2.05, 4.69) is 5.32 Å². The van der Waals surface area contributed by atoms with Gasteiger partial charge in [-0.3, -0.25) is 4.79 Å². The fourth-order valence-electron chi connectivity index (χ4n) is 2.88. The molecule has 30 heavy (non-hydrogen) atoms. The lowest BCUT2D eigenvalue weighted by Gasteiger charge is -2.20. The summed E-state index contributed by atoms with van der Waals surface area (Å²) in [6, 6.07) is 25.8. The van der Waals surface area contributed by atoms with Gasteiger partial charge in [0.15, 0.2) is 5.75 Å². The molecule has 0 aliphatic rings. The molecule has 0 radical (unpaired) electrons. The van der Waals surface area contributed by atoms with E-state index in [1.54, 1.807) is 24.3 Å². The Bertz CT molecular complexity index is 1070. The van der Waals surface area contributed by atoms with Crippen LogP contribution in [-0.2, 0) is 21.2 Å². The van der Waals surface area contributed by atoms with Crippen LogP contribution in [0.2, 0.25) is 0 Å². The van der Waals surface area contributed by atoms with Crippen LogP contribution in [0.5, 0.6) is 11.5 Å². The van der Waals surface area contributed by atoms with E-state index in [1.165, 1.54) is 4.31 Å². The maximum atomic E-state index is 12.6. The molecule has 6 nitrogen and oxygen atoms in total. The van der Waals surface area contributed by atoms with Crippen molar-refractivity contribution < 1.29 is 17.9 Å². The van der Waals surface area contributed by atoms with Crippen molar-refractivity contribution in [1.29, 1.82) is 0 Å². The molecule has 1 amide bonds. The molecule has 3 rings (SSSR count). The maximum Gasteiger partial charge on any atom is 0.239 e. The highest BCUT2D eigenvalue weighted by molar-refractivity contribution is 7.88. The van der Waals surface area contributed by atoms with Crippen LogP contribution >= 0.6 is 0 Å². The van der Waals surface area contributed by atoms with Crippen LogP contribution in [0.4, 0.5) is 5.69 Å². The number of ether oxygens (including phenoxy) is 1. The van der Waals surface area contributed by atoms with Gasteiger partial charge in [0.25, 0.3) is 0 Å². The van der Waals surface area contributed by atoms with E-state index in [9.17, 15) is 13.2 Å². The molecule has 0 heterocycles. The molecule has 1 N–H and O–H groups in total. The standard InChI is InChI=1S/C23H24N2O4S/c1-30(27,28)25(17-16-19-10-4-2-5-11-19)18-23(26)24-21-14-8-9-15-22(21)29-20-12-6-3-7-13-20/h2-15H,16-18H2,1H3,(H,24,26). The topological polar surface area (TPSA) is 75.7 Å². The Balaban J connectivity index is 1.67. The van der Waals surface area contributed by atoms with Gasteiger partial charge in [-0.15, -0.1) is 0 Å². The van der Waals surface area contributed by atoms with Crippen molar-refractivity contribution in [3.05, 3.63) is 90.5 Å². The second-order valence-electron chi connectivity index (χ2n) is 6.79. The summed E-state index contributed by atoms with van der Waals surface area (Å²) in [5, 5.41) is 2.76. The molecule has 7 heteroatoms. The Hall–Kier alpha value is -3.16. The summed E-state index contributed by atoms with van der Waals surface area (Å²) in [6.45, 7) is -0.0518. The van der Waals surface area contributed by atoms with Crippen LogP contribution in [0.1, 0.15) is 5.56 Å². The molecule has 0 bridgehead atoms. The monoisotopic (exact) mass is 424 g/mol. The number of para-hydroxylation sites is 3. The molecule has 0 aromatic heterocycles. The van der Waals surface area contributed by atoms with Crippen LogP contribution in [0.15, 0.2) is 84.9 Å². The quantitative estimate of drug-likeness (QED) is 0.565. The smallest absolute Gasteiger partial charge is 0.239 e. The number of nitrogens with one attached hydrogen (secondary N) is 1. The van der Waals surface area contributed by atoms with Crippen LogP contribution in [0.25, 0.3) is 0 Å². The fourth-order valence-corrected chi connectivity index (χ4v) is 3.66. The predicted octanol–water partition coefficient (Wildman–Crippen LogP) is 3.92. The first-order valence-electron chi connectivity index (χ1n) is 9.52. The van der Waals surface area contributed by atoms with Crippen molar-refractivity contribution >= 4 is 21.6 Å². The van der Waals surface area contributed by atoms with Gasteiger partial charge in [-0.05, 0) is 36.2 Å². The number of carbonyl (C=O) groups is 1. The van der Waals surface area contributed by atoms with E-state index in [0.717, 1.165) is 11.8 Å². The summed E-state index contributed by atoms with van der Waals surface area (Å²) in [4.78, 5) is 12.6. The first kappa shape index (κ1) is 21.5. The number of rotatable bonds is 9. The highest BCUT2D eigenvalue weighted by Crippen LogP contribution is 2.29. The van der Waals surface area contributed by atoms with Crippen molar-refractivity contribution in [1.82, 2.24) is 4.31 Å². The van der Waals surface area contributed by atoms with E-state index in [0.29, 0.717) is 23.6 Å². The Labute approximate surface area is 177 Å². The van der Waals surface area contributed by atoms with E-state index in [-0.39, 0.29) is 13.1 Å². The Morgan fingerprint density at radius 1 is 0.900 bits per heavy atom. The average molecular weight is 425 g/mol. The molecule has 0 unspecified atom stereocenters. The largest absolute Gasteiger partial charge is 0.455 e. The number of hydrogen-bond acceptors (Lipinski definition) is 4. The van der Waals surface area contributed by atoms with Gasteiger partial charge in [-0.2, -0.15) is 4.31 Å². The van der Waals surface area contributed by atoms with E-state index < -0.39 is 15.9 Å². The molecule has 0 aliphatic carbocycles. The summed E-state index contributed by atoms with van der Waals surface area (Å²) in [6.07, 6.45) is 1.63. The Kier molecular flexibility index (Phi) is 7.21. The SMILES string of the molecule is CS(=O)(=O)N(CCc1ccccc1)CC(=O)Nc1ccccc1Oc1ccccc1. The summed E-state index contributed by atoms with van der Waals surface area (Å²) in [5.41, 5.74) is 1.48. The van der Waals surface area contributed by atoms with Crippen molar-refractivity contribution in [2.45, 2.75) is 6.42 Å². The lowest BCUT2D eigenvalue weighted by Crippen LogP contribution is -2.38. The Morgan fingerprint density at radius 3 is 2.17 bits per heavy atom. The van der Waals surface area contributed by atoms with Gasteiger partial charge in [0, 0.05) is 6.54 Å². The van der Waals surface area contributed by atoms with Gasteiger partial charge in [-0.1, -0.05) is 60.7 Å². The highest BCUT2D eigenvalue weighted by Gasteiger charge is 2.20. The average Bonchev–Trinajstić information content (AvgIpc) is 2.73. The van der Waals surface area contributed by atoms with E-state index in [1.807, 2.05) is 60.7 Å². The maximum absolute atomic E-state index is 12.6. The molecule has 0 fully saturated rings. The van der Waals surface area contributed by atoms with Crippen molar-refractivity contribution in [3.63, 3.8) is 0 Å². The normalized spacial score (nSPS) is 11.3. The number of benzene rings is 3. The van der Waals surface area contributed by atoms with Gasteiger partial charge >= 0.3 is 0 Å². The molecular formula is C23H24N2O4S. The van der Waals surface area contributed by atoms with Gasteiger partial charge < -0.3 is 10.1 Å². The minimum Gasteiger partial charge on any atom is -0.455 e. The summed E-state index contributed by atoms with van der Waals surface area (Å²) in [5.74, 6) is 0.685. The molecule has 0 spiro atoms. The zero-order chi connectivity index (χ0) is 21.4. The molecule has 0 aliphatic heterocycles. The summed E-state index contributed by atoms with van der Waals surface area (Å²) in [7, 11) is -3.54. The van der Waals surface area contributed by atoms with Gasteiger partial charge in [-0.25, -0.2) is 8.42 Å². The molecule has 0 saturated carbocycles. The highest BCUT2D eigenvalue weighted by atomic mass is 32.2. The third-order valence-electron chi connectivity index (χ3n) is 4.41.